The second kappa shape index (κ2) is 8.50. The van der Waals surface area contributed by atoms with E-state index in [1.165, 1.54) is 5.56 Å². The van der Waals surface area contributed by atoms with Crippen molar-refractivity contribution in [2.45, 2.75) is 19.4 Å². The maximum Gasteiger partial charge on any atom is 0.265 e. The van der Waals surface area contributed by atoms with Crippen molar-refractivity contribution < 1.29 is 9.53 Å². The van der Waals surface area contributed by atoms with E-state index in [4.69, 9.17) is 16.3 Å². The standard InChI is InChI=1S/C21H19ClN2O2/c1-15(26-20-4-2-3-18(22)14-20)21(25)24-19-7-5-16(6-8-19)13-17-9-11-23-12-10-17/h2-12,14-15H,13H2,1H3,(H,24,25)/t15-/m0/s1. The van der Waals surface area contributed by atoms with Gasteiger partial charge in [-0.15, -0.1) is 0 Å². The van der Waals surface area contributed by atoms with Crippen LogP contribution in [0.3, 0.4) is 0 Å². The second-order valence-corrected chi connectivity index (χ2v) is 6.37. The van der Waals surface area contributed by atoms with Crippen LogP contribution in [0.1, 0.15) is 18.1 Å². The molecule has 132 valence electrons. The van der Waals surface area contributed by atoms with E-state index in [2.05, 4.69) is 10.3 Å². The Morgan fingerprint density at radius 3 is 2.46 bits per heavy atom. The largest absolute Gasteiger partial charge is 0.481 e. The smallest absolute Gasteiger partial charge is 0.265 e. The molecule has 4 nitrogen and oxygen atoms in total. The zero-order chi connectivity index (χ0) is 18.4. The number of hydrogen-bond donors (Lipinski definition) is 1. The molecular formula is C21H19ClN2O2. The molecule has 0 saturated heterocycles. The summed E-state index contributed by atoms with van der Waals surface area (Å²) >= 11 is 5.93. The van der Waals surface area contributed by atoms with E-state index < -0.39 is 6.10 Å². The van der Waals surface area contributed by atoms with Crippen molar-refractivity contribution >= 4 is 23.2 Å². The van der Waals surface area contributed by atoms with Crippen LogP contribution in [-0.4, -0.2) is 17.0 Å². The highest BCUT2D eigenvalue weighted by Gasteiger charge is 2.15. The van der Waals surface area contributed by atoms with Crippen LogP contribution < -0.4 is 10.1 Å². The molecule has 0 fully saturated rings. The van der Waals surface area contributed by atoms with Gasteiger partial charge < -0.3 is 10.1 Å². The highest BCUT2D eigenvalue weighted by Crippen LogP contribution is 2.19. The monoisotopic (exact) mass is 366 g/mol. The lowest BCUT2D eigenvalue weighted by atomic mass is 10.1. The molecule has 0 bridgehead atoms. The number of aromatic nitrogens is 1. The lowest BCUT2D eigenvalue weighted by molar-refractivity contribution is -0.122. The van der Waals surface area contributed by atoms with Gasteiger partial charge in [0.15, 0.2) is 6.10 Å². The molecule has 1 atom stereocenters. The van der Waals surface area contributed by atoms with Gasteiger partial charge in [-0.1, -0.05) is 29.8 Å². The van der Waals surface area contributed by atoms with Gasteiger partial charge in [-0.05, 0) is 66.9 Å². The van der Waals surface area contributed by atoms with Crippen LogP contribution in [0, 0.1) is 0 Å². The average molecular weight is 367 g/mol. The van der Waals surface area contributed by atoms with Crippen LogP contribution in [0.2, 0.25) is 5.02 Å². The third-order valence-corrected chi connectivity index (χ3v) is 4.09. The van der Waals surface area contributed by atoms with Crippen LogP contribution >= 0.6 is 11.6 Å². The summed E-state index contributed by atoms with van der Waals surface area (Å²) in [7, 11) is 0. The molecule has 0 unspecified atom stereocenters. The van der Waals surface area contributed by atoms with Gasteiger partial charge in [0.1, 0.15) is 5.75 Å². The molecule has 0 spiro atoms. The highest BCUT2D eigenvalue weighted by molar-refractivity contribution is 6.30. The highest BCUT2D eigenvalue weighted by atomic mass is 35.5. The Bertz CT molecular complexity index is 867. The first-order valence-electron chi connectivity index (χ1n) is 8.31. The van der Waals surface area contributed by atoms with Gasteiger partial charge >= 0.3 is 0 Å². The third kappa shape index (κ3) is 5.07. The lowest BCUT2D eigenvalue weighted by Crippen LogP contribution is -2.30. The maximum absolute atomic E-state index is 12.3. The van der Waals surface area contributed by atoms with Gasteiger partial charge in [-0.25, -0.2) is 0 Å². The summed E-state index contributed by atoms with van der Waals surface area (Å²) in [5.41, 5.74) is 3.09. The van der Waals surface area contributed by atoms with Gasteiger partial charge in [0.05, 0.1) is 0 Å². The molecule has 2 aromatic carbocycles. The van der Waals surface area contributed by atoms with Gasteiger partial charge in [0.25, 0.3) is 5.91 Å². The van der Waals surface area contributed by atoms with E-state index in [1.54, 1.807) is 43.6 Å². The number of carbonyl (C=O) groups excluding carboxylic acids is 1. The molecule has 0 saturated carbocycles. The molecule has 0 aliphatic carbocycles. The summed E-state index contributed by atoms with van der Waals surface area (Å²) in [6, 6.07) is 18.7. The number of nitrogens with one attached hydrogen (secondary N) is 1. The molecule has 26 heavy (non-hydrogen) atoms. The predicted molar refractivity (Wildman–Crippen MR) is 104 cm³/mol. The van der Waals surface area contributed by atoms with Crippen molar-refractivity contribution in [1.82, 2.24) is 4.98 Å². The minimum atomic E-state index is -0.634. The molecule has 5 heteroatoms. The van der Waals surface area contributed by atoms with Crippen LogP contribution in [0.4, 0.5) is 5.69 Å². The lowest BCUT2D eigenvalue weighted by Gasteiger charge is -2.15. The molecule has 1 amide bonds. The van der Waals surface area contributed by atoms with Crippen LogP contribution in [-0.2, 0) is 11.2 Å². The molecule has 1 heterocycles. The van der Waals surface area contributed by atoms with Gasteiger partial charge in [-0.2, -0.15) is 0 Å². The molecule has 3 rings (SSSR count). The number of rotatable bonds is 6. The number of amides is 1. The molecule has 0 radical (unpaired) electrons. The number of ether oxygens (including phenoxy) is 1. The van der Waals surface area contributed by atoms with E-state index >= 15 is 0 Å². The normalized spacial score (nSPS) is 11.6. The summed E-state index contributed by atoms with van der Waals surface area (Å²) in [4.78, 5) is 16.3. The average Bonchev–Trinajstić information content (AvgIpc) is 2.64. The fourth-order valence-electron chi connectivity index (χ4n) is 2.48. The van der Waals surface area contributed by atoms with Crippen molar-refractivity contribution in [3.05, 3.63) is 89.2 Å². The third-order valence-electron chi connectivity index (χ3n) is 3.86. The minimum absolute atomic E-state index is 0.216. The van der Waals surface area contributed by atoms with Gasteiger partial charge in [-0.3, -0.25) is 9.78 Å². The predicted octanol–water partition coefficient (Wildman–Crippen LogP) is 4.73. The number of anilines is 1. The zero-order valence-corrected chi connectivity index (χ0v) is 15.1. The van der Waals surface area contributed by atoms with Crippen LogP contribution in [0.15, 0.2) is 73.1 Å². The minimum Gasteiger partial charge on any atom is -0.481 e. The van der Waals surface area contributed by atoms with Crippen LogP contribution in [0.25, 0.3) is 0 Å². The van der Waals surface area contributed by atoms with E-state index in [1.807, 2.05) is 36.4 Å². The first-order valence-corrected chi connectivity index (χ1v) is 8.69. The summed E-state index contributed by atoms with van der Waals surface area (Å²) in [5, 5.41) is 3.43. The Morgan fingerprint density at radius 2 is 1.77 bits per heavy atom. The number of halogens is 1. The Hall–Kier alpha value is -2.85. The molecular weight excluding hydrogens is 348 g/mol. The summed E-state index contributed by atoms with van der Waals surface area (Å²) < 4.78 is 5.63. The topological polar surface area (TPSA) is 51.2 Å². The van der Waals surface area contributed by atoms with Crippen LogP contribution in [0.5, 0.6) is 5.75 Å². The Labute approximate surface area is 157 Å². The first kappa shape index (κ1) is 18.0. The summed E-state index contributed by atoms with van der Waals surface area (Å²) in [6.45, 7) is 1.70. The first-order chi connectivity index (χ1) is 12.6. The summed E-state index contributed by atoms with van der Waals surface area (Å²) in [6.07, 6.45) is 3.76. The molecule has 3 aromatic rings. The molecule has 1 aromatic heterocycles. The van der Waals surface area contributed by atoms with Crippen molar-refractivity contribution in [3.8, 4) is 5.75 Å². The number of pyridine rings is 1. The fourth-order valence-corrected chi connectivity index (χ4v) is 2.66. The quantitative estimate of drug-likeness (QED) is 0.686. The Morgan fingerprint density at radius 1 is 1.08 bits per heavy atom. The van der Waals surface area contributed by atoms with Gasteiger partial charge in [0.2, 0.25) is 0 Å². The van der Waals surface area contributed by atoms with E-state index in [-0.39, 0.29) is 5.91 Å². The van der Waals surface area contributed by atoms with Gasteiger partial charge in [0, 0.05) is 23.1 Å². The number of benzene rings is 2. The van der Waals surface area contributed by atoms with E-state index in [0.717, 1.165) is 17.7 Å². The zero-order valence-electron chi connectivity index (χ0n) is 14.4. The van der Waals surface area contributed by atoms with Crippen molar-refractivity contribution in [2.24, 2.45) is 0 Å². The Balaban J connectivity index is 1.57. The van der Waals surface area contributed by atoms with E-state index in [9.17, 15) is 4.79 Å². The number of hydrogen-bond acceptors (Lipinski definition) is 3. The Kier molecular flexibility index (Phi) is 5.87. The molecule has 0 aliphatic rings. The summed E-state index contributed by atoms with van der Waals surface area (Å²) in [5.74, 6) is 0.347. The number of carbonyl (C=O) groups is 1. The van der Waals surface area contributed by atoms with E-state index in [0.29, 0.717) is 10.8 Å². The number of nitrogens with zero attached hydrogens (tertiary/aromatic N) is 1. The second-order valence-electron chi connectivity index (χ2n) is 5.94. The maximum atomic E-state index is 12.3. The SMILES string of the molecule is C[C@H](Oc1cccc(Cl)c1)C(=O)Nc1ccc(Cc2ccncc2)cc1. The molecule has 0 aliphatic heterocycles. The fraction of sp³-hybridized carbons (Fsp3) is 0.143. The molecule has 1 N–H and O–H groups in total. The van der Waals surface area contributed by atoms with Crippen molar-refractivity contribution in [3.63, 3.8) is 0 Å². The van der Waals surface area contributed by atoms with Crippen molar-refractivity contribution in [1.29, 1.82) is 0 Å². The van der Waals surface area contributed by atoms with Crippen molar-refractivity contribution in [2.75, 3.05) is 5.32 Å².